The highest BCUT2D eigenvalue weighted by atomic mass is 19.4. The maximum absolute atomic E-state index is 13.5. The van der Waals surface area contributed by atoms with Crippen molar-refractivity contribution in [2.24, 2.45) is 0 Å². The number of likely N-dealkylation sites (N-methyl/N-ethyl adjacent to an activating group) is 1. The van der Waals surface area contributed by atoms with Gasteiger partial charge in [0.2, 0.25) is 5.91 Å². The van der Waals surface area contributed by atoms with E-state index in [9.17, 15) is 31.1 Å². The van der Waals surface area contributed by atoms with Crippen LogP contribution in [-0.4, -0.2) is 34.2 Å². The van der Waals surface area contributed by atoms with Gasteiger partial charge < -0.3 is 5.32 Å². The maximum Gasteiger partial charge on any atom is 0.416 e. The molecule has 0 spiro atoms. The molecule has 2 aromatic carbocycles. The number of halogens is 6. The highest BCUT2D eigenvalue weighted by molar-refractivity contribution is 5.83. The summed E-state index contributed by atoms with van der Waals surface area (Å²) >= 11 is 0. The minimum absolute atomic E-state index is 0.0559. The van der Waals surface area contributed by atoms with Crippen molar-refractivity contribution in [2.45, 2.75) is 64.1 Å². The molecular formula is C28H30F6N4O. The molecule has 0 saturated carbocycles. The first kappa shape index (κ1) is 28.7. The van der Waals surface area contributed by atoms with Crippen LogP contribution in [0.3, 0.4) is 0 Å². The van der Waals surface area contributed by atoms with E-state index in [1.165, 1.54) is 7.05 Å². The van der Waals surface area contributed by atoms with Crippen LogP contribution in [0.2, 0.25) is 0 Å². The number of carbonyl (C=O) groups excluding carboxylic acids is 1. The zero-order chi connectivity index (χ0) is 28.5. The number of carbonyl (C=O) groups is 1. The zero-order valence-corrected chi connectivity index (χ0v) is 21.8. The third kappa shape index (κ3) is 5.98. The third-order valence-corrected chi connectivity index (χ3v) is 7.22. The second kappa shape index (κ2) is 11.0. The molecule has 0 bridgehead atoms. The Morgan fingerprint density at radius 1 is 1.05 bits per heavy atom. The summed E-state index contributed by atoms with van der Waals surface area (Å²) in [4.78, 5) is 15.2. The van der Waals surface area contributed by atoms with Crippen molar-refractivity contribution in [3.8, 4) is 0 Å². The molecule has 3 aromatic rings. The van der Waals surface area contributed by atoms with E-state index in [2.05, 4.69) is 10.4 Å². The lowest BCUT2D eigenvalue weighted by Gasteiger charge is -2.41. The van der Waals surface area contributed by atoms with Crippen LogP contribution >= 0.6 is 0 Å². The summed E-state index contributed by atoms with van der Waals surface area (Å²) in [5.74, 6) is -0.256. The molecule has 2 heterocycles. The predicted octanol–water partition coefficient (Wildman–Crippen LogP) is 6.27. The van der Waals surface area contributed by atoms with E-state index in [1.54, 1.807) is 0 Å². The highest BCUT2D eigenvalue weighted by Crippen LogP contribution is 2.42. The average molecular weight is 553 g/mol. The molecule has 2 atom stereocenters. The summed E-state index contributed by atoms with van der Waals surface area (Å²) < 4.78 is 82.7. The third-order valence-electron chi connectivity index (χ3n) is 7.22. The Morgan fingerprint density at radius 3 is 2.21 bits per heavy atom. The first-order valence-electron chi connectivity index (χ1n) is 12.7. The van der Waals surface area contributed by atoms with E-state index >= 15 is 0 Å². The van der Waals surface area contributed by atoms with Gasteiger partial charge in [0.25, 0.3) is 0 Å². The van der Waals surface area contributed by atoms with Crippen LogP contribution in [0.25, 0.3) is 0 Å². The van der Waals surface area contributed by atoms with Crippen LogP contribution in [0.5, 0.6) is 0 Å². The molecular weight excluding hydrogens is 522 g/mol. The van der Waals surface area contributed by atoms with Gasteiger partial charge in [0.15, 0.2) is 0 Å². The quantitative estimate of drug-likeness (QED) is 0.352. The summed E-state index contributed by atoms with van der Waals surface area (Å²) in [6.45, 7) is 4.87. The Bertz CT molecular complexity index is 1280. The number of nitrogens with one attached hydrogen (secondary N) is 1. The lowest BCUT2D eigenvalue weighted by molar-refractivity contribution is -0.143. The Morgan fingerprint density at radius 2 is 1.67 bits per heavy atom. The van der Waals surface area contributed by atoms with Gasteiger partial charge in [-0.15, -0.1) is 0 Å². The van der Waals surface area contributed by atoms with Gasteiger partial charge in [0.1, 0.15) is 6.04 Å². The number of hydrogen-bond acceptors (Lipinski definition) is 3. The summed E-state index contributed by atoms with van der Waals surface area (Å²) in [5.41, 5.74) is 0.568. The van der Waals surface area contributed by atoms with Crippen molar-refractivity contribution in [1.29, 1.82) is 0 Å². The van der Waals surface area contributed by atoms with E-state index in [0.29, 0.717) is 19.5 Å². The number of rotatable bonds is 7. The number of benzene rings is 2. The normalized spacial score (nSPS) is 17.1. The van der Waals surface area contributed by atoms with Crippen LogP contribution in [0.15, 0.2) is 48.5 Å². The first-order chi connectivity index (χ1) is 18.3. The molecule has 1 aliphatic rings. The van der Waals surface area contributed by atoms with Gasteiger partial charge in [0.05, 0.1) is 16.8 Å². The number of aromatic nitrogens is 2. The number of amides is 1. The van der Waals surface area contributed by atoms with Crippen LogP contribution < -0.4 is 5.32 Å². The van der Waals surface area contributed by atoms with Crippen LogP contribution in [-0.2, 0) is 36.5 Å². The van der Waals surface area contributed by atoms with Crippen molar-refractivity contribution in [3.63, 3.8) is 0 Å². The Balaban J connectivity index is 1.78. The predicted molar refractivity (Wildman–Crippen MR) is 134 cm³/mol. The number of aryl methyl sites for hydroxylation is 3. The molecule has 0 radical (unpaired) electrons. The molecule has 11 heteroatoms. The molecule has 0 unspecified atom stereocenters. The SMILES string of the molecule is CCn1nc(C)c2c1CCN([C@@H](C(=O)NC)c1ccccc1)[C@H]2CCc1cc(C(F)(F)F)cc(C(F)(F)F)c1. The number of alkyl halides is 6. The lowest BCUT2D eigenvalue weighted by Crippen LogP contribution is -2.45. The molecule has 1 aromatic heterocycles. The van der Waals surface area contributed by atoms with E-state index in [1.807, 2.05) is 53.8 Å². The molecule has 210 valence electrons. The molecule has 0 fully saturated rings. The summed E-state index contributed by atoms with van der Waals surface area (Å²) in [6.07, 6.45) is -9.10. The van der Waals surface area contributed by atoms with Crippen LogP contribution in [0.4, 0.5) is 26.3 Å². The second-order valence-corrected chi connectivity index (χ2v) is 9.65. The Hall–Kier alpha value is -3.34. The first-order valence-corrected chi connectivity index (χ1v) is 12.7. The highest BCUT2D eigenvalue weighted by Gasteiger charge is 2.40. The zero-order valence-electron chi connectivity index (χ0n) is 21.8. The monoisotopic (exact) mass is 552 g/mol. The summed E-state index contributed by atoms with van der Waals surface area (Å²) in [5, 5.41) is 7.34. The van der Waals surface area contributed by atoms with Gasteiger partial charge in [0, 0.05) is 43.9 Å². The minimum Gasteiger partial charge on any atom is -0.358 e. The fraction of sp³-hybridized carbons (Fsp3) is 0.429. The molecule has 39 heavy (non-hydrogen) atoms. The van der Waals surface area contributed by atoms with Gasteiger partial charge in [-0.05, 0) is 56.0 Å². The number of nitrogens with zero attached hydrogens (tertiary/aromatic N) is 3. The summed E-state index contributed by atoms with van der Waals surface area (Å²) in [7, 11) is 1.53. The second-order valence-electron chi connectivity index (χ2n) is 9.65. The topological polar surface area (TPSA) is 50.2 Å². The van der Waals surface area contributed by atoms with Gasteiger partial charge in [-0.3, -0.25) is 14.4 Å². The average Bonchev–Trinajstić information content (AvgIpc) is 3.23. The molecule has 5 nitrogen and oxygen atoms in total. The fourth-order valence-electron chi connectivity index (χ4n) is 5.51. The fourth-order valence-corrected chi connectivity index (χ4v) is 5.51. The van der Waals surface area contributed by atoms with Gasteiger partial charge >= 0.3 is 12.4 Å². The standard InChI is InChI=1S/C28H30F6N4O/c1-4-38-23-12-13-37(25(26(39)35-3)19-8-6-5-7-9-19)22(24(23)17(2)36-38)11-10-18-14-20(27(29,30)31)16-21(15-18)28(32,33)34/h5-9,14-16,22,25H,4,10-13H2,1-3H3,(H,35,39)/t22-,25+/m0/s1. The Kier molecular flexibility index (Phi) is 8.11. The van der Waals surface area contributed by atoms with Gasteiger partial charge in [-0.1, -0.05) is 30.3 Å². The van der Waals surface area contributed by atoms with Crippen molar-refractivity contribution >= 4 is 5.91 Å². The molecule has 1 aliphatic heterocycles. The van der Waals surface area contributed by atoms with E-state index in [-0.39, 0.29) is 30.4 Å². The van der Waals surface area contributed by atoms with Crippen molar-refractivity contribution < 1.29 is 31.1 Å². The van der Waals surface area contributed by atoms with Crippen LogP contribution in [0, 0.1) is 6.92 Å². The van der Waals surface area contributed by atoms with Crippen LogP contribution in [0.1, 0.15) is 64.6 Å². The largest absolute Gasteiger partial charge is 0.416 e. The molecule has 0 saturated heterocycles. The van der Waals surface area contributed by atoms with E-state index in [0.717, 1.165) is 34.6 Å². The van der Waals surface area contributed by atoms with E-state index < -0.39 is 35.6 Å². The molecule has 0 aliphatic carbocycles. The number of fused-ring (bicyclic) bond motifs is 1. The van der Waals surface area contributed by atoms with Crippen molar-refractivity contribution in [3.05, 3.63) is 87.7 Å². The van der Waals surface area contributed by atoms with Crippen molar-refractivity contribution in [2.75, 3.05) is 13.6 Å². The summed E-state index contributed by atoms with van der Waals surface area (Å²) in [6, 6.07) is 9.66. The van der Waals surface area contributed by atoms with Gasteiger partial charge in [-0.25, -0.2) is 0 Å². The smallest absolute Gasteiger partial charge is 0.358 e. The van der Waals surface area contributed by atoms with E-state index in [4.69, 9.17) is 0 Å². The maximum atomic E-state index is 13.5. The van der Waals surface area contributed by atoms with Crippen molar-refractivity contribution in [1.82, 2.24) is 20.0 Å². The molecule has 1 N–H and O–H groups in total. The molecule has 1 amide bonds. The van der Waals surface area contributed by atoms with Gasteiger partial charge in [-0.2, -0.15) is 31.4 Å². The molecule has 4 rings (SSSR count). The number of hydrogen-bond donors (Lipinski definition) is 1. The lowest BCUT2D eigenvalue weighted by atomic mass is 9.88. The minimum atomic E-state index is -4.92. The Labute approximate surface area is 222 Å².